The second kappa shape index (κ2) is 8.01. The van der Waals surface area contributed by atoms with Gasteiger partial charge < -0.3 is 15.5 Å². The summed E-state index contributed by atoms with van der Waals surface area (Å²) < 4.78 is 0. The first kappa shape index (κ1) is 18.6. The molecule has 1 aromatic heterocycles. The van der Waals surface area contributed by atoms with Gasteiger partial charge in [0.2, 0.25) is 11.9 Å². The van der Waals surface area contributed by atoms with Crippen molar-refractivity contribution in [3.05, 3.63) is 17.5 Å². The Balaban J connectivity index is 1.77. The van der Waals surface area contributed by atoms with Gasteiger partial charge in [-0.05, 0) is 39.0 Å². The lowest BCUT2D eigenvalue weighted by Gasteiger charge is -2.36. The molecule has 2 N–H and O–H groups in total. The van der Waals surface area contributed by atoms with Crippen LogP contribution < -0.4 is 15.5 Å². The number of aromatic nitrogens is 2. The van der Waals surface area contributed by atoms with E-state index in [-0.39, 0.29) is 11.8 Å². The third-order valence-corrected chi connectivity index (χ3v) is 5.57. The van der Waals surface area contributed by atoms with E-state index in [0.29, 0.717) is 30.0 Å². The van der Waals surface area contributed by atoms with Crippen molar-refractivity contribution in [2.45, 2.75) is 63.8 Å². The summed E-state index contributed by atoms with van der Waals surface area (Å²) in [6, 6.07) is 0. The predicted molar refractivity (Wildman–Crippen MR) is 100 cm³/mol. The fourth-order valence-electron chi connectivity index (χ4n) is 4.01. The van der Waals surface area contributed by atoms with Crippen LogP contribution in [0.25, 0.3) is 0 Å². The molecule has 0 atom stereocenters. The van der Waals surface area contributed by atoms with Gasteiger partial charge in [-0.2, -0.15) is 0 Å². The molecular formula is C19H29N5O2. The second-order valence-corrected chi connectivity index (χ2v) is 7.39. The van der Waals surface area contributed by atoms with Crippen LogP contribution >= 0.6 is 0 Å². The van der Waals surface area contributed by atoms with Crippen LogP contribution in [0.4, 0.5) is 5.95 Å². The molecule has 2 heterocycles. The first-order chi connectivity index (χ1) is 12.6. The van der Waals surface area contributed by atoms with E-state index in [1.54, 1.807) is 13.2 Å². The van der Waals surface area contributed by atoms with Crippen molar-refractivity contribution in [2.75, 3.05) is 25.0 Å². The maximum Gasteiger partial charge on any atom is 0.255 e. The summed E-state index contributed by atoms with van der Waals surface area (Å²) in [7, 11) is 1.62. The number of hydrogen-bond acceptors (Lipinski definition) is 5. The molecule has 3 rings (SSSR count). The molecule has 7 heteroatoms. The number of rotatable bonds is 4. The van der Waals surface area contributed by atoms with Gasteiger partial charge in [-0.3, -0.25) is 9.59 Å². The lowest BCUT2D eigenvalue weighted by molar-refractivity contribution is -0.128. The number of anilines is 1. The molecule has 142 valence electrons. The first-order valence-electron chi connectivity index (χ1n) is 9.69. The molecule has 2 amide bonds. The van der Waals surface area contributed by atoms with Crippen LogP contribution in [0.5, 0.6) is 0 Å². The zero-order chi connectivity index (χ0) is 18.6. The highest BCUT2D eigenvalue weighted by molar-refractivity contribution is 5.99. The van der Waals surface area contributed by atoms with Gasteiger partial charge in [0, 0.05) is 26.3 Å². The molecule has 2 fully saturated rings. The average molecular weight is 359 g/mol. The molecule has 26 heavy (non-hydrogen) atoms. The van der Waals surface area contributed by atoms with Gasteiger partial charge in [0.1, 0.15) is 5.54 Å². The molecule has 1 aliphatic carbocycles. The van der Waals surface area contributed by atoms with Gasteiger partial charge in [0.15, 0.2) is 0 Å². The summed E-state index contributed by atoms with van der Waals surface area (Å²) in [5, 5.41) is 5.70. The molecule has 0 radical (unpaired) electrons. The quantitative estimate of drug-likeness (QED) is 0.858. The number of carbonyl (C=O) groups excluding carboxylic acids is 2. The van der Waals surface area contributed by atoms with E-state index in [4.69, 9.17) is 0 Å². The smallest absolute Gasteiger partial charge is 0.255 e. The van der Waals surface area contributed by atoms with Crippen LogP contribution in [-0.4, -0.2) is 47.5 Å². The molecule has 1 aliphatic heterocycles. The molecule has 0 bridgehead atoms. The van der Waals surface area contributed by atoms with E-state index >= 15 is 0 Å². The third-order valence-electron chi connectivity index (χ3n) is 5.57. The van der Waals surface area contributed by atoms with Gasteiger partial charge in [0.25, 0.3) is 5.91 Å². The Bertz CT molecular complexity index is 664. The molecule has 0 unspecified atom stereocenters. The highest BCUT2D eigenvalue weighted by Crippen LogP contribution is 2.29. The van der Waals surface area contributed by atoms with Crippen LogP contribution in [0.1, 0.15) is 67.4 Å². The predicted octanol–water partition coefficient (Wildman–Crippen LogP) is 1.95. The largest absolute Gasteiger partial charge is 0.357 e. The number of hydrogen-bond donors (Lipinski definition) is 2. The summed E-state index contributed by atoms with van der Waals surface area (Å²) >= 11 is 0. The second-order valence-electron chi connectivity index (χ2n) is 7.39. The summed E-state index contributed by atoms with van der Waals surface area (Å²) in [5.41, 5.74) is 0.280. The van der Waals surface area contributed by atoms with Crippen LogP contribution in [0.15, 0.2) is 6.20 Å². The number of aryl methyl sites for hydroxylation is 1. The summed E-state index contributed by atoms with van der Waals surface area (Å²) in [6.45, 7) is 3.76. The number of carbonyl (C=O) groups is 2. The van der Waals surface area contributed by atoms with E-state index in [1.165, 1.54) is 6.42 Å². The zero-order valence-corrected chi connectivity index (χ0v) is 15.8. The molecule has 0 spiro atoms. The topological polar surface area (TPSA) is 87.2 Å². The Hall–Kier alpha value is -2.18. The van der Waals surface area contributed by atoms with Crippen LogP contribution in [0, 0.1) is 6.92 Å². The molecule has 7 nitrogen and oxygen atoms in total. The van der Waals surface area contributed by atoms with Crippen LogP contribution in [-0.2, 0) is 4.79 Å². The summed E-state index contributed by atoms with van der Waals surface area (Å²) in [5.74, 6) is 0.310. The minimum absolute atomic E-state index is 0.117. The molecule has 0 aromatic carbocycles. The molecule has 1 saturated carbocycles. The number of likely N-dealkylation sites (N-methyl/N-ethyl adjacent to an activating group) is 1. The van der Waals surface area contributed by atoms with E-state index in [9.17, 15) is 9.59 Å². The summed E-state index contributed by atoms with van der Waals surface area (Å²) in [6.07, 6.45) is 9.47. The number of nitrogens with zero attached hydrogens (tertiary/aromatic N) is 3. The standard InChI is InChI=1S/C19H29N5O2/c1-14-15(13-21-18(22-14)24-11-7-4-8-12-24)16(25)23-19(17(26)20-2)9-5-3-6-10-19/h13H,3-12H2,1-2H3,(H,20,26)(H,23,25). The fourth-order valence-corrected chi connectivity index (χ4v) is 4.01. The number of nitrogens with one attached hydrogen (secondary N) is 2. The van der Waals surface area contributed by atoms with Gasteiger partial charge in [-0.25, -0.2) is 9.97 Å². The minimum Gasteiger partial charge on any atom is -0.357 e. The van der Waals surface area contributed by atoms with Crippen molar-refractivity contribution in [3.63, 3.8) is 0 Å². The van der Waals surface area contributed by atoms with Gasteiger partial charge >= 0.3 is 0 Å². The Morgan fingerprint density at radius 1 is 1.08 bits per heavy atom. The lowest BCUT2D eigenvalue weighted by Crippen LogP contribution is -2.59. The Kier molecular flexibility index (Phi) is 5.74. The zero-order valence-electron chi connectivity index (χ0n) is 15.8. The van der Waals surface area contributed by atoms with Crippen molar-refractivity contribution >= 4 is 17.8 Å². The van der Waals surface area contributed by atoms with E-state index in [1.807, 2.05) is 6.92 Å². The maximum atomic E-state index is 12.9. The van der Waals surface area contributed by atoms with E-state index in [0.717, 1.165) is 45.2 Å². The fraction of sp³-hybridized carbons (Fsp3) is 0.684. The monoisotopic (exact) mass is 359 g/mol. The number of piperidine rings is 1. The van der Waals surface area contributed by atoms with Crippen LogP contribution in [0.2, 0.25) is 0 Å². The first-order valence-corrected chi connectivity index (χ1v) is 9.69. The molecular weight excluding hydrogens is 330 g/mol. The minimum atomic E-state index is -0.817. The maximum absolute atomic E-state index is 12.9. The van der Waals surface area contributed by atoms with E-state index in [2.05, 4.69) is 25.5 Å². The highest BCUT2D eigenvalue weighted by Gasteiger charge is 2.40. The lowest BCUT2D eigenvalue weighted by atomic mass is 9.80. The third kappa shape index (κ3) is 3.81. The normalized spacial score (nSPS) is 19.7. The Labute approximate surface area is 155 Å². The molecule has 1 aromatic rings. The Morgan fingerprint density at radius 2 is 1.73 bits per heavy atom. The van der Waals surface area contributed by atoms with Gasteiger partial charge in [-0.15, -0.1) is 0 Å². The Morgan fingerprint density at radius 3 is 2.35 bits per heavy atom. The van der Waals surface area contributed by atoms with Crippen molar-refractivity contribution in [1.29, 1.82) is 0 Å². The van der Waals surface area contributed by atoms with Crippen LogP contribution in [0.3, 0.4) is 0 Å². The van der Waals surface area contributed by atoms with Gasteiger partial charge in [-0.1, -0.05) is 19.3 Å². The van der Waals surface area contributed by atoms with E-state index < -0.39 is 5.54 Å². The summed E-state index contributed by atoms with van der Waals surface area (Å²) in [4.78, 5) is 36.4. The SMILES string of the molecule is CNC(=O)C1(NC(=O)c2cnc(N3CCCCC3)nc2C)CCCCC1. The highest BCUT2D eigenvalue weighted by atomic mass is 16.2. The molecule has 1 saturated heterocycles. The van der Waals surface area contributed by atoms with Gasteiger partial charge in [0.05, 0.1) is 11.3 Å². The molecule has 2 aliphatic rings. The average Bonchev–Trinajstić information content (AvgIpc) is 2.68. The number of amides is 2. The van der Waals surface area contributed by atoms with Crippen molar-refractivity contribution in [3.8, 4) is 0 Å². The van der Waals surface area contributed by atoms with Crippen molar-refractivity contribution in [2.24, 2.45) is 0 Å². The van der Waals surface area contributed by atoms with Crippen molar-refractivity contribution < 1.29 is 9.59 Å². The van der Waals surface area contributed by atoms with Crippen molar-refractivity contribution in [1.82, 2.24) is 20.6 Å².